The van der Waals surface area contributed by atoms with E-state index >= 15 is 0 Å². The summed E-state index contributed by atoms with van der Waals surface area (Å²) in [7, 11) is 3.18. The van der Waals surface area contributed by atoms with Crippen LogP contribution in [0, 0.1) is 0 Å². The van der Waals surface area contributed by atoms with Gasteiger partial charge in [-0.15, -0.1) is 11.3 Å². The van der Waals surface area contributed by atoms with Crippen LogP contribution in [0.4, 0.5) is 5.82 Å². The molecule has 4 aromatic rings. The summed E-state index contributed by atoms with van der Waals surface area (Å²) in [6.45, 7) is 0. The highest BCUT2D eigenvalue weighted by molar-refractivity contribution is 7.12. The van der Waals surface area contributed by atoms with Crippen LogP contribution in [-0.4, -0.2) is 29.5 Å². The van der Waals surface area contributed by atoms with E-state index in [9.17, 15) is 4.79 Å². The molecule has 1 N–H and O–H groups in total. The fourth-order valence-electron chi connectivity index (χ4n) is 2.88. The minimum Gasteiger partial charge on any atom is -0.493 e. The second kappa shape index (κ2) is 7.13. The third-order valence-electron chi connectivity index (χ3n) is 4.16. The summed E-state index contributed by atoms with van der Waals surface area (Å²) in [6, 6.07) is 14.9. The van der Waals surface area contributed by atoms with E-state index in [0.717, 1.165) is 11.2 Å². The number of anilines is 1. The van der Waals surface area contributed by atoms with Gasteiger partial charge < -0.3 is 14.8 Å². The summed E-state index contributed by atoms with van der Waals surface area (Å²) in [6.07, 6.45) is 1.87. The van der Waals surface area contributed by atoms with Crippen molar-refractivity contribution in [2.75, 3.05) is 19.5 Å². The van der Waals surface area contributed by atoms with Crippen molar-refractivity contribution in [3.05, 3.63) is 65.0 Å². The minimum atomic E-state index is -0.169. The summed E-state index contributed by atoms with van der Waals surface area (Å²) in [5.41, 5.74) is 2.22. The van der Waals surface area contributed by atoms with E-state index in [0.29, 0.717) is 27.9 Å². The van der Waals surface area contributed by atoms with Crippen LogP contribution in [0.3, 0.4) is 0 Å². The van der Waals surface area contributed by atoms with Crippen LogP contribution in [0.2, 0.25) is 0 Å². The van der Waals surface area contributed by atoms with E-state index < -0.39 is 0 Å². The van der Waals surface area contributed by atoms with Gasteiger partial charge in [-0.3, -0.25) is 9.20 Å². The van der Waals surface area contributed by atoms with Gasteiger partial charge in [0.1, 0.15) is 17.2 Å². The number of pyridine rings is 1. The van der Waals surface area contributed by atoms with Gasteiger partial charge in [-0.25, -0.2) is 4.98 Å². The first kappa shape index (κ1) is 17.1. The Bertz CT molecular complexity index is 1100. The zero-order valence-electron chi connectivity index (χ0n) is 14.8. The molecule has 0 radical (unpaired) electrons. The van der Waals surface area contributed by atoms with Crippen molar-refractivity contribution in [2.24, 2.45) is 0 Å². The van der Waals surface area contributed by atoms with Gasteiger partial charge >= 0.3 is 0 Å². The molecule has 3 aromatic heterocycles. The maximum atomic E-state index is 12.6. The van der Waals surface area contributed by atoms with Gasteiger partial charge in [0, 0.05) is 11.8 Å². The lowest BCUT2D eigenvalue weighted by atomic mass is 10.1. The van der Waals surface area contributed by atoms with Gasteiger partial charge in [0.05, 0.1) is 19.1 Å². The summed E-state index contributed by atoms with van der Waals surface area (Å²) in [5, 5.41) is 4.87. The van der Waals surface area contributed by atoms with Crippen LogP contribution in [-0.2, 0) is 0 Å². The van der Waals surface area contributed by atoms with Gasteiger partial charge in [0.2, 0.25) is 0 Å². The maximum absolute atomic E-state index is 12.6. The average Bonchev–Trinajstić information content (AvgIpc) is 3.36. The molecular formula is C20H17N3O3S. The third kappa shape index (κ3) is 3.13. The Labute approximate surface area is 160 Å². The lowest BCUT2D eigenvalue weighted by Gasteiger charge is -2.10. The van der Waals surface area contributed by atoms with E-state index in [2.05, 4.69) is 5.32 Å². The Hall–Kier alpha value is -3.32. The number of hydrogen-bond acceptors (Lipinski definition) is 5. The molecule has 0 saturated heterocycles. The molecule has 0 fully saturated rings. The number of fused-ring (bicyclic) bond motifs is 1. The SMILES string of the molecule is COc1ccc(-c2nc3ccccn3c2NC(=O)c2cccs2)cc1OC. The first-order valence-corrected chi connectivity index (χ1v) is 9.13. The number of amides is 1. The highest BCUT2D eigenvalue weighted by Crippen LogP contribution is 2.35. The molecule has 0 unspecified atom stereocenters. The number of carbonyl (C=O) groups is 1. The molecule has 4 rings (SSSR count). The summed E-state index contributed by atoms with van der Waals surface area (Å²) < 4.78 is 12.6. The molecule has 0 saturated carbocycles. The van der Waals surface area contributed by atoms with E-state index in [1.54, 1.807) is 20.3 Å². The fourth-order valence-corrected chi connectivity index (χ4v) is 3.50. The molecule has 0 atom stereocenters. The zero-order chi connectivity index (χ0) is 18.8. The molecule has 136 valence electrons. The number of methoxy groups -OCH3 is 2. The molecule has 0 aliphatic heterocycles. The van der Waals surface area contributed by atoms with Crippen LogP contribution < -0.4 is 14.8 Å². The highest BCUT2D eigenvalue weighted by Gasteiger charge is 2.19. The molecule has 0 aliphatic carbocycles. The number of ether oxygens (including phenoxy) is 2. The van der Waals surface area contributed by atoms with Crippen molar-refractivity contribution in [1.82, 2.24) is 9.38 Å². The first-order valence-electron chi connectivity index (χ1n) is 8.25. The van der Waals surface area contributed by atoms with Crippen LogP contribution >= 0.6 is 11.3 Å². The average molecular weight is 379 g/mol. The van der Waals surface area contributed by atoms with E-state index in [1.807, 2.05) is 58.4 Å². The van der Waals surface area contributed by atoms with Gasteiger partial charge in [-0.05, 0) is 41.8 Å². The Balaban J connectivity index is 1.84. The van der Waals surface area contributed by atoms with Crippen LogP contribution in [0.25, 0.3) is 16.9 Å². The van der Waals surface area contributed by atoms with E-state index in [1.165, 1.54) is 11.3 Å². The van der Waals surface area contributed by atoms with Gasteiger partial charge in [0.15, 0.2) is 11.5 Å². The van der Waals surface area contributed by atoms with Crippen molar-refractivity contribution in [3.8, 4) is 22.8 Å². The standard InChI is InChI=1S/C20H17N3O3S/c1-25-14-9-8-13(12-15(14)26-2)18-19(22-20(24)16-6-5-11-27-16)23-10-4-3-7-17(23)21-18/h3-12H,1-2H3,(H,22,24). The smallest absolute Gasteiger partial charge is 0.266 e. The van der Waals surface area contributed by atoms with Crippen molar-refractivity contribution < 1.29 is 14.3 Å². The Kier molecular flexibility index (Phi) is 4.52. The van der Waals surface area contributed by atoms with Crippen molar-refractivity contribution in [1.29, 1.82) is 0 Å². The molecule has 0 bridgehead atoms. The van der Waals surface area contributed by atoms with Gasteiger partial charge in [-0.1, -0.05) is 12.1 Å². The second-order valence-electron chi connectivity index (χ2n) is 5.74. The number of nitrogens with one attached hydrogen (secondary N) is 1. The number of benzene rings is 1. The lowest BCUT2D eigenvalue weighted by Crippen LogP contribution is -2.12. The van der Waals surface area contributed by atoms with Gasteiger partial charge in [-0.2, -0.15) is 0 Å². The predicted octanol–water partition coefficient (Wildman–Crippen LogP) is 4.33. The fraction of sp³-hybridized carbons (Fsp3) is 0.100. The zero-order valence-corrected chi connectivity index (χ0v) is 15.6. The lowest BCUT2D eigenvalue weighted by molar-refractivity contribution is 0.103. The van der Waals surface area contributed by atoms with Crippen molar-refractivity contribution >= 4 is 28.7 Å². The second-order valence-corrected chi connectivity index (χ2v) is 6.69. The third-order valence-corrected chi connectivity index (χ3v) is 5.03. The molecule has 1 aromatic carbocycles. The number of aromatic nitrogens is 2. The number of thiophene rings is 1. The molecule has 0 spiro atoms. The summed E-state index contributed by atoms with van der Waals surface area (Å²) >= 11 is 1.39. The molecule has 27 heavy (non-hydrogen) atoms. The molecule has 7 heteroatoms. The normalized spacial score (nSPS) is 10.7. The molecule has 0 aliphatic rings. The van der Waals surface area contributed by atoms with Crippen LogP contribution in [0.5, 0.6) is 11.5 Å². The van der Waals surface area contributed by atoms with Crippen LogP contribution in [0.1, 0.15) is 9.67 Å². The van der Waals surface area contributed by atoms with E-state index in [4.69, 9.17) is 14.5 Å². The van der Waals surface area contributed by atoms with Crippen LogP contribution in [0.15, 0.2) is 60.1 Å². The Morgan fingerprint density at radius 2 is 1.93 bits per heavy atom. The van der Waals surface area contributed by atoms with Crippen molar-refractivity contribution in [2.45, 2.75) is 0 Å². The monoisotopic (exact) mass is 379 g/mol. The predicted molar refractivity (Wildman–Crippen MR) is 106 cm³/mol. The molecular weight excluding hydrogens is 362 g/mol. The van der Waals surface area contributed by atoms with E-state index in [-0.39, 0.29) is 5.91 Å². The topological polar surface area (TPSA) is 64.9 Å². The first-order chi connectivity index (χ1) is 13.2. The number of imidazole rings is 1. The number of hydrogen-bond donors (Lipinski definition) is 1. The quantitative estimate of drug-likeness (QED) is 0.560. The van der Waals surface area contributed by atoms with Gasteiger partial charge in [0.25, 0.3) is 5.91 Å². The highest BCUT2D eigenvalue weighted by atomic mass is 32.1. The Morgan fingerprint density at radius 1 is 1.07 bits per heavy atom. The molecule has 1 amide bonds. The number of rotatable bonds is 5. The minimum absolute atomic E-state index is 0.169. The molecule has 6 nitrogen and oxygen atoms in total. The van der Waals surface area contributed by atoms with Crippen molar-refractivity contribution in [3.63, 3.8) is 0 Å². The number of carbonyl (C=O) groups excluding carboxylic acids is 1. The summed E-state index contributed by atoms with van der Waals surface area (Å²) in [5.74, 6) is 1.67. The maximum Gasteiger partial charge on any atom is 0.266 e. The number of nitrogens with zero attached hydrogens (tertiary/aromatic N) is 2. The Morgan fingerprint density at radius 3 is 2.67 bits per heavy atom. The largest absolute Gasteiger partial charge is 0.493 e. The molecule has 3 heterocycles. The summed E-state index contributed by atoms with van der Waals surface area (Å²) in [4.78, 5) is 18.0.